The van der Waals surface area contributed by atoms with Crippen LogP contribution in [0.5, 0.6) is 0 Å². The Labute approximate surface area is 163 Å². The third kappa shape index (κ3) is 5.43. The summed E-state index contributed by atoms with van der Waals surface area (Å²) in [5, 5.41) is 10.4. The molecule has 0 spiro atoms. The lowest BCUT2D eigenvalue weighted by Gasteiger charge is -2.05. The molecule has 0 aliphatic carbocycles. The molecule has 1 aromatic heterocycles. The first-order chi connectivity index (χ1) is 12.2. The second kappa shape index (κ2) is 8.82. The average molecular weight is 462 g/mol. The van der Waals surface area contributed by atoms with Crippen molar-refractivity contribution in [3.63, 3.8) is 0 Å². The number of benzene rings is 2. The van der Waals surface area contributed by atoms with E-state index in [1.165, 1.54) is 11.8 Å². The number of nitrogens with zero attached hydrogens (tertiary/aromatic N) is 2. The van der Waals surface area contributed by atoms with E-state index in [4.69, 9.17) is 0 Å². The molecule has 0 radical (unpaired) electrons. The average Bonchev–Trinajstić information content (AvgIpc) is 3.09. The summed E-state index contributed by atoms with van der Waals surface area (Å²) in [6.45, 7) is 0. The van der Waals surface area contributed by atoms with Crippen molar-refractivity contribution in [1.29, 1.82) is 0 Å². The smallest absolute Gasteiger partial charge is 0.234 e. The van der Waals surface area contributed by atoms with Gasteiger partial charge in [-0.15, -0.1) is 5.10 Å². The van der Waals surface area contributed by atoms with Crippen LogP contribution in [0.1, 0.15) is 11.4 Å². The SMILES string of the molecule is O=C(CSc1n[nH]c(/C=C/c2ccccc2)n1)Nc1ccccc1I. The van der Waals surface area contributed by atoms with E-state index in [1.807, 2.05) is 66.7 Å². The minimum absolute atomic E-state index is 0.0831. The standard InChI is InChI=1S/C18H15IN4OS/c19-14-8-4-5-9-15(14)20-17(24)12-25-18-21-16(22-23-18)11-10-13-6-2-1-3-7-13/h1-11H,12H2,(H,20,24)(H,21,22,23)/b11-10+. The number of thioether (sulfide) groups is 1. The number of nitrogens with one attached hydrogen (secondary N) is 2. The molecule has 5 nitrogen and oxygen atoms in total. The number of carbonyl (C=O) groups is 1. The quantitative estimate of drug-likeness (QED) is 0.423. The molecule has 0 unspecified atom stereocenters. The summed E-state index contributed by atoms with van der Waals surface area (Å²) < 4.78 is 1.00. The zero-order valence-corrected chi connectivity index (χ0v) is 16.1. The van der Waals surface area contributed by atoms with Crippen molar-refractivity contribution < 1.29 is 4.79 Å². The first kappa shape index (κ1) is 17.7. The topological polar surface area (TPSA) is 70.7 Å². The number of aromatic amines is 1. The maximum atomic E-state index is 12.0. The van der Waals surface area contributed by atoms with Gasteiger partial charge in [0.2, 0.25) is 11.1 Å². The van der Waals surface area contributed by atoms with Gasteiger partial charge in [-0.2, -0.15) is 0 Å². The van der Waals surface area contributed by atoms with Crippen LogP contribution in [0.25, 0.3) is 12.2 Å². The summed E-state index contributed by atoms with van der Waals surface area (Å²) in [4.78, 5) is 16.4. The summed E-state index contributed by atoms with van der Waals surface area (Å²) in [7, 11) is 0. The lowest BCUT2D eigenvalue weighted by Crippen LogP contribution is -2.14. The molecule has 2 N–H and O–H groups in total. The zero-order valence-electron chi connectivity index (χ0n) is 13.1. The van der Waals surface area contributed by atoms with E-state index in [0.29, 0.717) is 11.0 Å². The highest BCUT2D eigenvalue weighted by atomic mass is 127. The van der Waals surface area contributed by atoms with Crippen LogP contribution in [0.3, 0.4) is 0 Å². The number of hydrogen-bond acceptors (Lipinski definition) is 4. The molecule has 0 bridgehead atoms. The van der Waals surface area contributed by atoms with Gasteiger partial charge >= 0.3 is 0 Å². The van der Waals surface area contributed by atoms with E-state index in [0.717, 1.165) is 14.8 Å². The summed E-state index contributed by atoms with van der Waals surface area (Å²) in [6.07, 6.45) is 3.82. The number of para-hydroxylation sites is 1. The van der Waals surface area contributed by atoms with E-state index < -0.39 is 0 Å². The molecular formula is C18H15IN4OS. The number of aromatic nitrogens is 3. The monoisotopic (exact) mass is 462 g/mol. The van der Waals surface area contributed by atoms with Crippen LogP contribution in [-0.2, 0) is 4.79 Å². The van der Waals surface area contributed by atoms with E-state index in [1.54, 1.807) is 0 Å². The summed E-state index contributed by atoms with van der Waals surface area (Å²) in [5.74, 6) is 0.828. The Bertz CT molecular complexity index is 880. The number of anilines is 1. The minimum atomic E-state index is -0.0831. The molecule has 0 aliphatic heterocycles. The molecule has 1 amide bonds. The van der Waals surface area contributed by atoms with Gasteiger partial charge in [-0.1, -0.05) is 60.3 Å². The van der Waals surface area contributed by atoms with Gasteiger partial charge in [-0.3, -0.25) is 9.89 Å². The third-order valence-electron chi connectivity index (χ3n) is 3.20. The molecule has 0 atom stereocenters. The highest BCUT2D eigenvalue weighted by Gasteiger charge is 2.08. The molecule has 25 heavy (non-hydrogen) atoms. The fourth-order valence-corrected chi connectivity index (χ4v) is 3.14. The second-order valence-corrected chi connectivity index (χ2v) is 7.17. The molecule has 0 saturated heterocycles. The molecule has 7 heteroatoms. The lowest BCUT2D eigenvalue weighted by atomic mass is 10.2. The van der Waals surface area contributed by atoms with Gasteiger partial charge in [-0.25, -0.2) is 4.98 Å². The molecule has 3 aromatic rings. The molecule has 0 fully saturated rings. The van der Waals surface area contributed by atoms with Crippen molar-refractivity contribution in [3.8, 4) is 0 Å². The number of H-pyrrole nitrogens is 1. The Morgan fingerprint density at radius 3 is 2.68 bits per heavy atom. The van der Waals surface area contributed by atoms with Gasteiger partial charge in [0.15, 0.2) is 0 Å². The summed E-state index contributed by atoms with van der Waals surface area (Å²) in [5.41, 5.74) is 1.90. The van der Waals surface area contributed by atoms with Crippen LogP contribution in [0.4, 0.5) is 5.69 Å². The van der Waals surface area contributed by atoms with Gasteiger partial charge in [0.1, 0.15) is 5.82 Å². The minimum Gasteiger partial charge on any atom is -0.324 e. The second-order valence-electron chi connectivity index (χ2n) is 5.06. The number of carbonyl (C=O) groups excluding carboxylic acids is 1. The normalized spacial score (nSPS) is 10.9. The fourth-order valence-electron chi connectivity index (χ4n) is 2.02. The first-order valence-corrected chi connectivity index (χ1v) is 9.60. The maximum absolute atomic E-state index is 12.0. The van der Waals surface area contributed by atoms with Gasteiger partial charge < -0.3 is 5.32 Å². The Morgan fingerprint density at radius 2 is 1.88 bits per heavy atom. The van der Waals surface area contributed by atoms with E-state index in [9.17, 15) is 4.79 Å². The van der Waals surface area contributed by atoms with E-state index >= 15 is 0 Å². The molecule has 0 aliphatic rings. The predicted molar refractivity (Wildman–Crippen MR) is 110 cm³/mol. The van der Waals surface area contributed by atoms with E-state index in [-0.39, 0.29) is 11.7 Å². The van der Waals surface area contributed by atoms with Crippen molar-refractivity contribution in [3.05, 3.63) is 69.6 Å². The van der Waals surface area contributed by atoms with Crippen molar-refractivity contribution >= 4 is 58.1 Å². The molecular weight excluding hydrogens is 447 g/mol. The number of amides is 1. The van der Waals surface area contributed by atoms with Gasteiger partial charge in [0.25, 0.3) is 0 Å². The predicted octanol–water partition coefficient (Wildman–Crippen LogP) is 4.31. The van der Waals surface area contributed by atoms with Crippen molar-refractivity contribution in [1.82, 2.24) is 15.2 Å². The Morgan fingerprint density at radius 1 is 1.12 bits per heavy atom. The Kier molecular flexibility index (Phi) is 6.24. The highest BCUT2D eigenvalue weighted by molar-refractivity contribution is 14.1. The lowest BCUT2D eigenvalue weighted by molar-refractivity contribution is -0.113. The maximum Gasteiger partial charge on any atom is 0.234 e. The van der Waals surface area contributed by atoms with Crippen LogP contribution < -0.4 is 5.32 Å². The zero-order chi connectivity index (χ0) is 17.5. The molecule has 0 saturated carbocycles. The number of hydrogen-bond donors (Lipinski definition) is 2. The Balaban J connectivity index is 1.52. The van der Waals surface area contributed by atoms with Crippen LogP contribution in [0.2, 0.25) is 0 Å². The van der Waals surface area contributed by atoms with E-state index in [2.05, 4.69) is 43.1 Å². The molecule has 2 aromatic carbocycles. The van der Waals surface area contributed by atoms with Crippen LogP contribution in [0, 0.1) is 3.57 Å². The van der Waals surface area contributed by atoms with Crippen molar-refractivity contribution in [2.75, 3.05) is 11.1 Å². The van der Waals surface area contributed by atoms with Crippen LogP contribution >= 0.6 is 34.4 Å². The van der Waals surface area contributed by atoms with Crippen LogP contribution in [0.15, 0.2) is 59.8 Å². The number of halogens is 1. The van der Waals surface area contributed by atoms with Gasteiger partial charge in [-0.05, 0) is 46.4 Å². The molecule has 126 valence electrons. The fraction of sp³-hybridized carbons (Fsp3) is 0.0556. The molecule has 3 rings (SSSR count). The highest BCUT2D eigenvalue weighted by Crippen LogP contribution is 2.18. The largest absolute Gasteiger partial charge is 0.324 e. The van der Waals surface area contributed by atoms with Crippen molar-refractivity contribution in [2.24, 2.45) is 0 Å². The summed E-state index contributed by atoms with van der Waals surface area (Å²) in [6, 6.07) is 17.6. The van der Waals surface area contributed by atoms with Gasteiger partial charge in [0, 0.05) is 3.57 Å². The van der Waals surface area contributed by atoms with Crippen molar-refractivity contribution in [2.45, 2.75) is 5.16 Å². The summed E-state index contributed by atoms with van der Waals surface area (Å²) >= 11 is 3.49. The van der Waals surface area contributed by atoms with Gasteiger partial charge in [0.05, 0.1) is 11.4 Å². The molecule has 1 heterocycles. The number of rotatable bonds is 6. The first-order valence-electron chi connectivity index (χ1n) is 7.53. The third-order valence-corrected chi connectivity index (χ3v) is 4.98. The Hall–Kier alpha value is -2.13. The van der Waals surface area contributed by atoms with Crippen LogP contribution in [-0.4, -0.2) is 26.8 Å².